The van der Waals surface area contributed by atoms with Crippen molar-refractivity contribution in [1.82, 2.24) is 4.90 Å². The number of halogens is 1. The van der Waals surface area contributed by atoms with Crippen molar-refractivity contribution in [3.8, 4) is 0 Å². The number of Topliss-reactive ketones (excluding diaryl/α,β-unsaturated/α-hetero) is 1. The monoisotopic (exact) mass is 352 g/mol. The summed E-state index contributed by atoms with van der Waals surface area (Å²) >= 11 is 3.52. The molecule has 21 heavy (non-hydrogen) atoms. The molecule has 0 aromatic heterocycles. The summed E-state index contributed by atoms with van der Waals surface area (Å²) in [5, 5.41) is 0. The van der Waals surface area contributed by atoms with Crippen molar-refractivity contribution in [2.45, 2.75) is 19.4 Å². The van der Waals surface area contributed by atoms with Gasteiger partial charge in [-0.3, -0.25) is 9.69 Å². The van der Waals surface area contributed by atoms with E-state index >= 15 is 0 Å². The highest BCUT2D eigenvalue weighted by Gasteiger charge is 2.30. The number of ether oxygens (including phenoxy) is 1. The number of hydrogen-bond donors (Lipinski definition) is 0. The Kier molecular flexibility index (Phi) is 4.62. The van der Waals surface area contributed by atoms with Gasteiger partial charge in [0.05, 0.1) is 13.2 Å². The Bertz CT molecular complexity index is 529. The summed E-state index contributed by atoms with van der Waals surface area (Å²) in [7, 11) is 0. The van der Waals surface area contributed by atoms with Crippen LogP contribution in [-0.2, 0) is 4.74 Å². The van der Waals surface area contributed by atoms with Gasteiger partial charge in [0.1, 0.15) is 0 Å². The highest BCUT2D eigenvalue weighted by molar-refractivity contribution is 9.10. The fraction of sp³-hybridized carbons (Fsp3) is 0.562. The lowest BCUT2D eigenvalue weighted by Crippen LogP contribution is -2.44. The lowest BCUT2D eigenvalue weighted by molar-refractivity contribution is 0.0209. The van der Waals surface area contributed by atoms with Crippen LogP contribution in [-0.4, -0.2) is 56.1 Å². The lowest BCUT2D eigenvalue weighted by Gasteiger charge is -2.32. The largest absolute Gasteiger partial charge is 0.379 e. The minimum absolute atomic E-state index is 0.132. The predicted octanol–water partition coefficient (Wildman–Crippen LogP) is 2.56. The Morgan fingerprint density at radius 3 is 2.76 bits per heavy atom. The van der Waals surface area contributed by atoms with Crippen LogP contribution in [0.15, 0.2) is 22.7 Å². The number of carbonyl (C=O) groups excluding carboxylic acids is 1. The third-order valence-corrected chi connectivity index (χ3v) is 4.90. The Balaban J connectivity index is 1.76. The zero-order valence-corrected chi connectivity index (χ0v) is 13.9. The fourth-order valence-electron chi connectivity index (χ4n) is 3.27. The predicted molar refractivity (Wildman–Crippen MR) is 87.2 cm³/mol. The molecule has 0 spiro atoms. The molecule has 0 bridgehead atoms. The van der Waals surface area contributed by atoms with Crippen molar-refractivity contribution in [2.75, 3.05) is 44.3 Å². The number of benzene rings is 1. The van der Waals surface area contributed by atoms with Gasteiger partial charge in [0.2, 0.25) is 0 Å². The molecule has 0 saturated carbocycles. The van der Waals surface area contributed by atoms with Crippen LogP contribution in [0.3, 0.4) is 0 Å². The molecular formula is C16H21BrN2O2. The van der Waals surface area contributed by atoms with Gasteiger partial charge in [-0.2, -0.15) is 0 Å². The number of hydrogen-bond acceptors (Lipinski definition) is 4. The standard InChI is InChI=1S/C16H21BrN2O2/c1-12(20)15-3-2-13(17)10-16(15)19-5-4-14(11-19)18-6-8-21-9-7-18/h2-3,10,14H,4-9,11H2,1H3. The van der Waals surface area contributed by atoms with Crippen LogP contribution < -0.4 is 4.90 Å². The van der Waals surface area contributed by atoms with E-state index in [2.05, 4.69) is 31.8 Å². The summed E-state index contributed by atoms with van der Waals surface area (Å²) in [6, 6.07) is 6.51. The number of carbonyl (C=O) groups is 1. The molecule has 0 aliphatic carbocycles. The number of anilines is 1. The zero-order chi connectivity index (χ0) is 14.8. The first-order valence-electron chi connectivity index (χ1n) is 7.52. The van der Waals surface area contributed by atoms with Crippen LogP contribution >= 0.6 is 15.9 Å². The molecule has 1 aromatic rings. The first kappa shape index (κ1) is 15.0. The molecule has 1 atom stereocenters. The van der Waals surface area contributed by atoms with Crippen LogP contribution in [0.5, 0.6) is 0 Å². The SMILES string of the molecule is CC(=O)c1ccc(Br)cc1N1CCC(N2CCOCC2)C1. The number of rotatable bonds is 3. The summed E-state index contributed by atoms with van der Waals surface area (Å²) in [5.74, 6) is 0.132. The van der Waals surface area contributed by atoms with Gasteiger partial charge >= 0.3 is 0 Å². The van der Waals surface area contributed by atoms with Crippen LogP contribution in [0.2, 0.25) is 0 Å². The van der Waals surface area contributed by atoms with E-state index in [4.69, 9.17) is 4.74 Å². The maximum atomic E-state index is 11.8. The molecule has 1 aromatic carbocycles. The highest BCUT2D eigenvalue weighted by atomic mass is 79.9. The van der Waals surface area contributed by atoms with Crippen molar-refractivity contribution in [1.29, 1.82) is 0 Å². The molecular weight excluding hydrogens is 332 g/mol. The average Bonchev–Trinajstić information content (AvgIpc) is 2.97. The number of nitrogens with zero attached hydrogens (tertiary/aromatic N) is 2. The quantitative estimate of drug-likeness (QED) is 0.782. The van der Waals surface area contributed by atoms with Gasteiger partial charge in [-0.15, -0.1) is 0 Å². The lowest BCUT2D eigenvalue weighted by atomic mass is 10.1. The van der Waals surface area contributed by atoms with Crippen molar-refractivity contribution < 1.29 is 9.53 Å². The molecule has 0 amide bonds. The Hall–Kier alpha value is -0.910. The van der Waals surface area contributed by atoms with E-state index in [9.17, 15) is 4.79 Å². The van der Waals surface area contributed by atoms with Gasteiger partial charge < -0.3 is 9.64 Å². The molecule has 0 radical (unpaired) electrons. The second-order valence-electron chi connectivity index (χ2n) is 5.75. The Morgan fingerprint density at radius 1 is 1.29 bits per heavy atom. The molecule has 3 rings (SSSR count). The number of ketones is 1. The third-order valence-electron chi connectivity index (χ3n) is 4.41. The summed E-state index contributed by atoms with van der Waals surface area (Å²) in [6.45, 7) is 7.38. The molecule has 2 aliphatic heterocycles. The summed E-state index contributed by atoms with van der Waals surface area (Å²) in [5.41, 5.74) is 1.88. The molecule has 114 valence electrons. The van der Waals surface area contributed by atoms with Crippen molar-refractivity contribution in [3.05, 3.63) is 28.2 Å². The van der Waals surface area contributed by atoms with Gasteiger partial charge in [-0.1, -0.05) is 15.9 Å². The minimum atomic E-state index is 0.132. The fourth-order valence-corrected chi connectivity index (χ4v) is 3.61. The van der Waals surface area contributed by atoms with E-state index in [1.54, 1.807) is 6.92 Å². The van der Waals surface area contributed by atoms with Gasteiger partial charge in [0.15, 0.2) is 5.78 Å². The van der Waals surface area contributed by atoms with Crippen molar-refractivity contribution in [3.63, 3.8) is 0 Å². The first-order valence-corrected chi connectivity index (χ1v) is 8.31. The van der Waals surface area contributed by atoms with E-state index < -0.39 is 0 Å². The topological polar surface area (TPSA) is 32.8 Å². The van der Waals surface area contributed by atoms with Crippen LogP contribution in [0, 0.1) is 0 Å². The summed E-state index contributed by atoms with van der Waals surface area (Å²) in [4.78, 5) is 16.7. The highest BCUT2D eigenvalue weighted by Crippen LogP contribution is 2.30. The second-order valence-corrected chi connectivity index (χ2v) is 6.67. The first-order chi connectivity index (χ1) is 10.1. The Labute approximate surface area is 134 Å². The van der Waals surface area contributed by atoms with Gasteiger partial charge in [0.25, 0.3) is 0 Å². The number of morpholine rings is 1. The van der Waals surface area contributed by atoms with Crippen molar-refractivity contribution >= 4 is 27.4 Å². The van der Waals surface area contributed by atoms with E-state index in [1.807, 2.05) is 12.1 Å². The van der Waals surface area contributed by atoms with E-state index in [0.29, 0.717) is 6.04 Å². The summed E-state index contributed by atoms with van der Waals surface area (Å²) < 4.78 is 6.46. The molecule has 0 N–H and O–H groups in total. The van der Waals surface area contributed by atoms with E-state index in [-0.39, 0.29) is 5.78 Å². The second kappa shape index (κ2) is 6.46. The van der Waals surface area contributed by atoms with E-state index in [0.717, 1.165) is 61.5 Å². The van der Waals surface area contributed by atoms with Crippen LogP contribution in [0.1, 0.15) is 23.7 Å². The molecule has 2 fully saturated rings. The molecule has 2 aliphatic rings. The summed E-state index contributed by atoms with van der Waals surface area (Å²) in [6.07, 6.45) is 1.16. The van der Waals surface area contributed by atoms with Gasteiger partial charge in [0, 0.05) is 47.9 Å². The molecule has 5 heteroatoms. The zero-order valence-electron chi connectivity index (χ0n) is 12.3. The third kappa shape index (κ3) is 3.30. The molecule has 2 heterocycles. The maximum absolute atomic E-state index is 11.8. The van der Waals surface area contributed by atoms with Gasteiger partial charge in [-0.05, 0) is 31.5 Å². The molecule has 4 nitrogen and oxygen atoms in total. The molecule has 2 saturated heterocycles. The Morgan fingerprint density at radius 2 is 2.05 bits per heavy atom. The van der Waals surface area contributed by atoms with E-state index in [1.165, 1.54) is 0 Å². The maximum Gasteiger partial charge on any atom is 0.161 e. The smallest absolute Gasteiger partial charge is 0.161 e. The van der Waals surface area contributed by atoms with Crippen LogP contribution in [0.25, 0.3) is 0 Å². The van der Waals surface area contributed by atoms with Crippen molar-refractivity contribution in [2.24, 2.45) is 0 Å². The van der Waals surface area contributed by atoms with Gasteiger partial charge in [-0.25, -0.2) is 0 Å². The minimum Gasteiger partial charge on any atom is -0.379 e. The molecule has 1 unspecified atom stereocenters. The van der Waals surface area contributed by atoms with Crippen LogP contribution in [0.4, 0.5) is 5.69 Å². The normalized spacial score (nSPS) is 23.5. The average molecular weight is 353 g/mol.